The first-order valence-corrected chi connectivity index (χ1v) is 8.21. The van der Waals surface area contributed by atoms with E-state index >= 15 is 0 Å². The van der Waals surface area contributed by atoms with Gasteiger partial charge in [-0.2, -0.15) is 0 Å². The zero-order chi connectivity index (χ0) is 14.1. The number of fused-ring (bicyclic) bond motifs is 1. The Morgan fingerprint density at radius 2 is 1.65 bits per heavy atom. The summed E-state index contributed by atoms with van der Waals surface area (Å²) in [4.78, 5) is 25.9. The lowest BCUT2D eigenvalue weighted by Gasteiger charge is -2.33. The first kappa shape index (κ1) is 13.9. The summed E-state index contributed by atoms with van der Waals surface area (Å²) in [6, 6.07) is -0.351. The van der Waals surface area contributed by atoms with E-state index in [0.29, 0.717) is 24.7 Å². The van der Waals surface area contributed by atoms with Crippen LogP contribution in [0.25, 0.3) is 0 Å². The molecule has 0 aromatic rings. The molecule has 3 rings (SSSR count). The second-order valence-corrected chi connectivity index (χ2v) is 6.86. The first-order chi connectivity index (χ1) is 9.66. The molecule has 3 atom stereocenters. The number of hydrogen-bond acceptors (Lipinski definition) is 2. The van der Waals surface area contributed by atoms with Crippen molar-refractivity contribution in [1.29, 1.82) is 0 Å². The standard InChI is InChI=1S/C16H25NO3/c18-15(9-11-5-1-2-6-11)17-13-8-4-3-7-12(13)10-14(17)16(19)20/h11-14H,1-10H2,(H,19,20). The molecule has 2 saturated carbocycles. The number of nitrogens with zero attached hydrogens (tertiary/aromatic N) is 1. The van der Waals surface area contributed by atoms with Crippen LogP contribution in [0.5, 0.6) is 0 Å². The van der Waals surface area contributed by atoms with Gasteiger partial charge in [-0.05, 0) is 43.9 Å². The number of carboxylic acid groups (broad SMARTS) is 1. The lowest BCUT2D eigenvalue weighted by atomic mass is 9.84. The van der Waals surface area contributed by atoms with Crippen LogP contribution in [0.15, 0.2) is 0 Å². The number of aliphatic carboxylic acids is 1. The average Bonchev–Trinajstić information content (AvgIpc) is 3.04. The number of rotatable bonds is 3. The van der Waals surface area contributed by atoms with Crippen molar-refractivity contribution < 1.29 is 14.7 Å². The third kappa shape index (κ3) is 2.57. The average molecular weight is 279 g/mol. The van der Waals surface area contributed by atoms with Gasteiger partial charge in [0, 0.05) is 12.5 Å². The SMILES string of the molecule is O=C(O)C1CC2CCCCC2N1C(=O)CC1CCCC1. The molecule has 3 aliphatic rings. The van der Waals surface area contributed by atoms with Crippen molar-refractivity contribution in [1.82, 2.24) is 4.90 Å². The Morgan fingerprint density at radius 1 is 1.00 bits per heavy atom. The summed E-state index contributed by atoms with van der Waals surface area (Å²) in [6.45, 7) is 0. The second-order valence-electron chi connectivity index (χ2n) is 6.86. The molecule has 1 heterocycles. The molecule has 1 aliphatic heterocycles. The number of carbonyl (C=O) groups is 2. The molecular formula is C16H25NO3. The van der Waals surface area contributed by atoms with Gasteiger partial charge < -0.3 is 10.0 Å². The summed E-state index contributed by atoms with van der Waals surface area (Å²) in [5.41, 5.74) is 0. The van der Waals surface area contributed by atoms with Gasteiger partial charge in [-0.15, -0.1) is 0 Å². The Hall–Kier alpha value is -1.06. The molecule has 3 unspecified atom stereocenters. The van der Waals surface area contributed by atoms with Gasteiger partial charge in [0.25, 0.3) is 0 Å². The summed E-state index contributed by atoms with van der Waals surface area (Å²) in [7, 11) is 0. The summed E-state index contributed by atoms with van der Waals surface area (Å²) in [6.07, 6.45) is 10.4. The Bertz CT molecular complexity index is 389. The van der Waals surface area contributed by atoms with E-state index in [0.717, 1.165) is 32.1 Å². The van der Waals surface area contributed by atoms with Gasteiger partial charge in [0.05, 0.1) is 0 Å². The zero-order valence-electron chi connectivity index (χ0n) is 12.1. The Morgan fingerprint density at radius 3 is 2.35 bits per heavy atom. The third-order valence-electron chi connectivity index (χ3n) is 5.60. The van der Waals surface area contributed by atoms with E-state index in [1.54, 1.807) is 4.90 Å². The monoisotopic (exact) mass is 279 g/mol. The molecule has 20 heavy (non-hydrogen) atoms. The number of hydrogen-bond donors (Lipinski definition) is 1. The molecule has 0 aromatic carbocycles. The van der Waals surface area contributed by atoms with Gasteiger partial charge in [0.15, 0.2) is 0 Å². The van der Waals surface area contributed by atoms with E-state index < -0.39 is 12.0 Å². The molecule has 0 bridgehead atoms. The van der Waals surface area contributed by atoms with Crippen LogP contribution in [0.2, 0.25) is 0 Å². The van der Waals surface area contributed by atoms with E-state index in [9.17, 15) is 14.7 Å². The lowest BCUT2D eigenvalue weighted by Crippen LogP contribution is -2.46. The van der Waals surface area contributed by atoms with Gasteiger partial charge in [-0.1, -0.05) is 25.7 Å². The molecule has 4 heteroatoms. The topological polar surface area (TPSA) is 57.6 Å². The Labute approximate surface area is 120 Å². The lowest BCUT2D eigenvalue weighted by molar-refractivity contribution is -0.150. The maximum absolute atomic E-state index is 12.6. The second kappa shape index (κ2) is 5.74. The fourth-order valence-electron chi connectivity index (χ4n) is 4.61. The van der Waals surface area contributed by atoms with Crippen LogP contribution >= 0.6 is 0 Å². The van der Waals surface area contributed by atoms with Crippen molar-refractivity contribution in [2.75, 3.05) is 0 Å². The van der Waals surface area contributed by atoms with Crippen LogP contribution in [0.1, 0.15) is 64.2 Å². The molecule has 1 amide bonds. The van der Waals surface area contributed by atoms with Crippen LogP contribution in [-0.4, -0.2) is 34.0 Å². The summed E-state index contributed by atoms with van der Waals surface area (Å²) < 4.78 is 0. The molecule has 112 valence electrons. The van der Waals surface area contributed by atoms with Crippen molar-refractivity contribution in [3.05, 3.63) is 0 Å². The minimum absolute atomic E-state index is 0.110. The molecule has 2 aliphatic carbocycles. The van der Waals surface area contributed by atoms with Gasteiger partial charge in [0.2, 0.25) is 5.91 Å². The normalized spacial score (nSPS) is 34.2. The van der Waals surface area contributed by atoms with E-state index in [4.69, 9.17) is 0 Å². The van der Waals surface area contributed by atoms with Crippen molar-refractivity contribution >= 4 is 11.9 Å². The van der Waals surface area contributed by atoms with Crippen LogP contribution in [0, 0.1) is 11.8 Å². The fraction of sp³-hybridized carbons (Fsp3) is 0.875. The highest BCUT2D eigenvalue weighted by Crippen LogP contribution is 2.41. The fourth-order valence-corrected chi connectivity index (χ4v) is 4.61. The van der Waals surface area contributed by atoms with Crippen molar-refractivity contribution in [2.45, 2.75) is 76.3 Å². The molecule has 1 saturated heterocycles. The Balaban J connectivity index is 1.72. The molecule has 3 fully saturated rings. The van der Waals surface area contributed by atoms with Crippen LogP contribution in [0.4, 0.5) is 0 Å². The highest BCUT2D eigenvalue weighted by Gasteiger charge is 2.47. The first-order valence-electron chi connectivity index (χ1n) is 8.21. The smallest absolute Gasteiger partial charge is 0.326 e. The van der Waals surface area contributed by atoms with Gasteiger partial charge in [-0.25, -0.2) is 4.79 Å². The predicted molar refractivity (Wildman–Crippen MR) is 75.2 cm³/mol. The largest absolute Gasteiger partial charge is 0.480 e. The highest BCUT2D eigenvalue weighted by molar-refractivity contribution is 5.85. The predicted octanol–water partition coefficient (Wildman–Crippen LogP) is 2.81. The Kier molecular flexibility index (Phi) is 3.99. The van der Waals surface area contributed by atoms with E-state index in [2.05, 4.69) is 0 Å². The maximum atomic E-state index is 12.6. The maximum Gasteiger partial charge on any atom is 0.326 e. The highest BCUT2D eigenvalue weighted by atomic mass is 16.4. The van der Waals surface area contributed by atoms with E-state index in [1.165, 1.54) is 19.3 Å². The number of likely N-dealkylation sites (tertiary alicyclic amines) is 1. The molecule has 4 nitrogen and oxygen atoms in total. The van der Waals surface area contributed by atoms with Gasteiger partial charge in [0.1, 0.15) is 6.04 Å². The van der Waals surface area contributed by atoms with Crippen LogP contribution < -0.4 is 0 Å². The molecule has 1 N–H and O–H groups in total. The van der Waals surface area contributed by atoms with Crippen LogP contribution in [0.3, 0.4) is 0 Å². The summed E-state index contributed by atoms with van der Waals surface area (Å²) in [5.74, 6) is 0.231. The quantitative estimate of drug-likeness (QED) is 0.864. The van der Waals surface area contributed by atoms with Crippen LogP contribution in [-0.2, 0) is 9.59 Å². The molecule has 0 aromatic heterocycles. The number of carbonyl (C=O) groups excluding carboxylic acids is 1. The minimum atomic E-state index is -0.806. The van der Waals surface area contributed by atoms with Gasteiger partial charge in [-0.3, -0.25) is 4.79 Å². The molecular weight excluding hydrogens is 254 g/mol. The van der Waals surface area contributed by atoms with E-state index in [1.807, 2.05) is 0 Å². The molecule has 0 spiro atoms. The number of carboxylic acids is 1. The molecule has 0 radical (unpaired) electrons. The zero-order valence-corrected chi connectivity index (χ0v) is 12.1. The minimum Gasteiger partial charge on any atom is -0.480 e. The summed E-state index contributed by atoms with van der Waals surface area (Å²) in [5, 5.41) is 9.45. The van der Waals surface area contributed by atoms with E-state index in [-0.39, 0.29) is 11.9 Å². The van der Waals surface area contributed by atoms with Crippen molar-refractivity contribution in [3.63, 3.8) is 0 Å². The van der Waals surface area contributed by atoms with Crippen molar-refractivity contribution in [3.8, 4) is 0 Å². The summed E-state index contributed by atoms with van der Waals surface area (Å²) >= 11 is 0. The number of amides is 1. The van der Waals surface area contributed by atoms with Gasteiger partial charge >= 0.3 is 5.97 Å². The van der Waals surface area contributed by atoms with Crippen molar-refractivity contribution in [2.24, 2.45) is 11.8 Å². The third-order valence-corrected chi connectivity index (χ3v) is 5.60.